The van der Waals surface area contributed by atoms with Crippen LogP contribution in [-0.4, -0.2) is 96.7 Å². The normalized spacial score (nSPS) is 14.6. The quantitative estimate of drug-likeness (QED) is 0.0222. The highest BCUT2D eigenvalue weighted by Crippen LogP contribution is 2.45. The number of esters is 4. The maximum atomic E-state index is 13.1. The molecular formula is C79H154O17P2. The number of unbranched alkanes of at least 4 members (excludes halogenated alkanes) is 40. The number of aliphatic hydroxyl groups is 1. The van der Waals surface area contributed by atoms with Gasteiger partial charge < -0.3 is 33.8 Å². The van der Waals surface area contributed by atoms with E-state index in [9.17, 15) is 43.2 Å². The molecule has 0 heterocycles. The van der Waals surface area contributed by atoms with Gasteiger partial charge in [-0.3, -0.25) is 37.3 Å². The number of carbonyl (C=O) groups is 4. The molecule has 0 aliphatic rings. The van der Waals surface area contributed by atoms with Gasteiger partial charge in [-0.15, -0.1) is 0 Å². The van der Waals surface area contributed by atoms with Crippen LogP contribution in [0.1, 0.15) is 402 Å². The van der Waals surface area contributed by atoms with Gasteiger partial charge in [0.1, 0.15) is 19.3 Å². The summed E-state index contributed by atoms with van der Waals surface area (Å²) >= 11 is 0. The van der Waals surface area contributed by atoms with Crippen LogP contribution >= 0.6 is 15.6 Å². The molecule has 0 saturated carbocycles. The molecule has 0 amide bonds. The van der Waals surface area contributed by atoms with E-state index < -0.39 is 97.5 Å². The Kier molecular flexibility index (Phi) is 66.8. The lowest BCUT2D eigenvalue weighted by atomic mass is 9.99. The number of phosphoric ester groups is 2. The molecule has 3 N–H and O–H groups in total. The molecular weight excluding hydrogens is 1280 g/mol. The Balaban J connectivity index is 5.23. The van der Waals surface area contributed by atoms with E-state index in [2.05, 4.69) is 55.4 Å². The van der Waals surface area contributed by atoms with Crippen LogP contribution in [0.4, 0.5) is 0 Å². The van der Waals surface area contributed by atoms with Gasteiger partial charge in [0.05, 0.1) is 26.4 Å². The molecule has 582 valence electrons. The standard InChI is InChI=1S/C79H154O17P2/c1-9-71(7)57-49-41-32-26-22-18-15-16-20-24-28-35-45-53-61-78(83)95-74(65-89-76(81)59-51-43-34-27-23-19-14-12-11-13-17-21-25-31-39-47-55-69(3)4)67-93-97(85,86)91-63-73(80)64-92-98(87,88)94-68-75(66-90-77(82)60-52-44-38-37-40-48-56-70(5)6)96-79(84)62-54-46-36-30-29-33-42-50-58-72(8)10-2/h69-75,80H,9-68H2,1-8H3,(H,85,86)(H,87,88)/t71?,72?,73-,74-,75-/m1/s1. The van der Waals surface area contributed by atoms with Crippen LogP contribution in [0.2, 0.25) is 0 Å². The highest BCUT2D eigenvalue weighted by atomic mass is 31.2. The van der Waals surface area contributed by atoms with Gasteiger partial charge in [0.25, 0.3) is 0 Å². The lowest BCUT2D eigenvalue weighted by molar-refractivity contribution is -0.161. The van der Waals surface area contributed by atoms with Crippen LogP contribution < -0.4 is 0 Å². The van der Waals surface area contributed by atoms with E-state index in [0.29, 0.717) is 31.6 Å². The maximum absolute atomic E-state index is 13.1. The molecule has 0 saturated heterocycles. The van der Waals surface area contributed by atoms with Gasteiger partial charge >= 0.3 is 39.5 Å². The van der Waals surface area contributed by atoms with Crippen LogP contribution in [-0.2, 0) is 65.4 Å². The molecule has 0 aromatic carbocycles. The molecule has 19 heteroatoms. The lowest BCUT2D eigenvalue weighted by Crippen LogP contribution is -2.30. The molecule has 0 aromatic heterocycles. The Morgan fingerprint density at radius 3 is 0.724 bits per heavy atom. The third kappa shape index (κ3) is 69.8. The van der Waals surface area contributed by atoms with Crippen LogP contribution in [0.5, 0.6) is 0 Å². The minimum atomic E-state index is -4.96. The van der Waals surface area contributed by atoms with E-state index in [0.717, 1.165) is 114 Å². The molecule has 0 aliphatic heterocycles. The minimum absolute atomic E-state index is 0.104. The fourth-order valence-corrected chi connectivity index (χ4v) is 13.6. The van der Waals surface area contributed by atoms with E-state index in [-0.39, 0.29) is 25.7 Å². The molecule has 0 rings (SSSR count). The summed E-state index contributed by atoms with van der Waals surface area (Å²) in [5.74, 6) is 0.987. The third-order valence-electron chi connectivity index (χ3n) is 19.0. The van der Waals surface area contributed by atoms with Crippen molar-refractivity contribution in [1.82, 2.24) is 0 Å². The molecule has 17 nitrogen and oxygen atoms in total. The molecule has 7 atom stereocenters. The Labute approximate surface area is 600 Å². The van der Waals surface area contributed by atoms with Crippen molar-refractivity contribution in [3.05, 3.63) is 0 Å². The SMILES string of the molecule is CCC(C)CCCCCCCCCCCCCCCCC(=O)O[C@H](COC(=O)CCCCCCCCCCCCCCCCCCC(C)C)COP(=O)(O)OC[C@@H](O)COP(=O)(O)OC[C@@H](COC(=O)CCCCCCCCC(C)C)OC(=O)CCCCCCCCCCC(C)CC. The Bertz CT molecular complexity index is 1920. The summed E-state index contributed by atoms with van der Waals surface area (Å²) in [6.45, 7) is 14.2. The second kappa shape index (κ2) is 68.2. The topological polar surface area (TPSA) is 237 Å². The minimum Gasteiger partial charge on any atom is -0.462 e. The van der Waals surface area contributed by atoms with Crippen molar-refractivity contribution in [3.63, 3.8) is 0 Å². The predicted molar refractivity (Wildman–Crippen MR) is 400 cm³/mol. The van der Waals surface area contributed by atoms with Crippen molar-refractivity contribution in [1.29, 1.82) is 0 Å². The first kappa shape index (κ1) is 96.1. The average molecular weight is 1440 g/mol. The summed E-state index contributed by atoms with van der Waals surface area (Å²) in [6.07, 6.45) is 54.2. The zero-order chi connectivity index (χ0) is 72.4. The lowest BCUT2D eigenvalue weighted by Gasteiger charge is -2.21. The molecule has 98 heavy (non-hydrogen) atoms. The van der Waals surface area contributed by atoms with E-state index in [1.807, 2.05) is 0 Å². The first-order valence-electron chi connectivity index (χ1n) is 40.8. The highest BCUT2D eigenvalue weighted by molar-refractivity contribution is 7.47. The van der Waals surface area contributed by atoms with Crippen molar-refractivity contribution in [2.24, 2.45) is 23.7 Å². The number of ether oxygens (including phenoxy) is 4. The molecule has 0 aromatic rings. The Hall–Kier alpha value is -1.94. The first-order chi connectivity index (χ1) is 47.2. The first-order valence-corrected chi connectivity index (χ1v) is 43.8. The smallest absolute Gasteiger partial charge is 0.462 e. The van der Waals surface area contributed by atoms with Gasteiger partial charge in [-0.2, -0.15) is 0 Å². The highest BCUT2D eigenvalue weighted by Gasteiger charge is 2.30. The summed E-state index contributed by atoms with van der Waals surface area (Å²) in [4.78, 5) is 72.9. The molecule has 0 bridgehead atoms. The van der Waals surface area contributed by atoms with E-state index in [1.54, 1.807) is 0 Å². The summed E-state index contributed by atoms with van der Waals surface area (Å²) in [5, 5.41) is 10.6. The summed E-state index contributed by atoms with van der Waals surface area (Å²) in [6, 6.07) is 0. The second-order valence-corrected chi connectivity index (χ2v) is 32.8. The largest absolute Gasteiger partial charge is 0.472 e. The zero-order valence-corrected chi connectivity index (χ0v) is 66.2. The zero-order valence-electron chi connectivity index (χ0n) is 64.4. The van der Waals surface area contributed by atoms with Gasteiger partial charge in [-0.25, -0.2) is 9.13 Å². The number of rotatable bonds is 76. The van der Waals surface area contributed by atoms with Crippen molar-refractivity contribution < 1.29 is 80.2 Å². The van der Waals surface area contributed by atoms with Crippen LogP contribution in [0.25, 0.3) is 0 Å². The molecule has 0 radical (unpaired) electrons. The number of carbonyl (C=O) groups excluding carboxylic acids is 4. The van der Waals surface area contributed by atoms with Crippen LogP contribution in [0, 0.1) is 23.7 Å². The van der Waals surface area contributed by atoms with Gasteiger partial charge in [0.15, 0.2) is 12.2 Å². The number of hydrogen-bond donors (Lipinski definition) is 3. The van der Waals surface area contributed by atoms with E-state index >= 15 is 0 Å². The predicted octanol–water partition coefficient (Wildman–Crippen LogP) is 23.2. The fraction of sp³-hybridized carbons (Fsp3) is 0.949. The Morgan fingerprint density at radius 1 is 0.286 bits per heavy atom. The fourth-order valence-electron chi connectivity index (χ4n) is 12.0. The van der Waals surface area contributed by atoms with E-state index in [1.165, 1.54) is 199 Å². The second-order valence-electron chi connectivity index (χ2n) is 29.9. The van der Waals surface area contributed by atoms with Gasteiger partial charge in [0.2, 0.25) is 0 Å². The number of aliphatic hydroxyl groups excluding tert-OH is 1. The molecule has 0 aliphatic carbocycles. The summed E-state index contributed by atoms with van der Waals surface area (Å²) in [5.41, 5.74) is 0. The third-order valence-corrected chi connectivity index (χ3v) is 20.9. The van der Waals surface area contributed by atoms with Crippen molar-refractivity contribution in [3.8, 4) is 0 Å². The van der Waals surface area contributed by atoms with Crippen LogP contribution in [0.15, 0.2) is 0 Å². The van der Waals surface area contributed by atoms with Gasteiger partial charge in [0, 0.05) is 25.7 Å². The summed E-state index contributed by atoms with van der Waals surface area (Å²) in [7, 11) is -9.92. The van der Waals surface area contributed by atoms with Crippen molar-refractivity contribution in [2.45, 2.75) is 420 Å². The van der Waals surface area contributed by atoms with Gasteiger partial charge in [-0.05, 0) is 49.4 Å². The number of phosphoric acid groups is 2. The molecule has 0 fully saturated rings. The number of hydrogen-bond acceptors (Lipinski definition) is 15. The molecule has 4 unspecified atom stereocenters. The van der Waals surface area contributed by atoms with Gasteiger partial charge in [-0.1, -0.05) is 351 Å². The molecule has 0 spiro atoms. The van der Waals surface area contributed by atoms with Crippen LogP contribution in [0.3, 0.4) is 0 Å². The Morgan fingerprint density at radius 2 is 0.490 bits per heavy atom. The summed E-state index contributed by atoms with van der Waals surface area (Å²) < 4.78 is 68.6. The maximum Gasteiger partial charge on any atom is 0.472 e. The van der Waals surface area contributed by atoms with E-state index in [4.69, 9.17) is 37.0 Å². The monoisotopic (exact) mass is 1440 g/mol. The average Bonchev–Trinajstić information content (AvgIpc) is 0.972. The van der Waals surface area contributed by atoms with Crippen molar-refractivity contribution >= 4 is 39.5 Å². The van der Waals surface area contributed by atoms with Crippen molar-refractivity contribution in [2.75, 3.05) is 39.6 Å².